The predicted molar refractivity (Wildman–Crippen MR) is 60.3 cm³/mol. The van der Waals surface area contributed by atoms with Crippen molar-refractivity contribution in [3.05, 3.63) is 23.3 Å². The smallest absolute Gasteiger partial charge is 0.387 e. The third kappa shape index (κ3) is 3.55. The quantitative estimate of drug-likeness (QED) is 0.769. The molecular weight excluding hydrogens is 260 g/mol. The molecule has 0 aliphatic rings. The van der Waals surface area contributed by atoms with E-state index in [0.717, 1.165) is 6.07 Å². The second-order valence-corrected chi connectivity index (χ2v) is 3.27. The maximum Gasteiger partial charge on any atom is 0.387 e. The van der Waals surface area contributed by atoms with E-state index in [-0.39, 0.29) is 29.2 Å². The Labute approximate surface area is 108 Å². The van der Waals surface area contributed by atoms with Crippen LogP contribution in [0.15, 0.2) is 12.1 Å². The first-order chi connectivity index (χ1) is 9.03. The third-order valence-electron chi connectivity index (χ3n) is 2.10. The molecule has 0 bridgehead atoms. The molecule has 5 nitrogen and oxygen atoms in total. The van der Waals surface area contributed by atoms with Crippen LogP contribution in [0.4, 0.5) is 8.78 Å². The average molecular weight is 271 g/mol. The van der Waals surface area contributed by atoms with E-state index in [4.69, 9.17) is 14.7 Å². The lowest BCUT2D eigenvalue weighted by atomic mass is 10.1. The maximum atomic E-state index is 12.3. The molecule has 0 saturated carbocycles. The number of halogens is 2. The Hall–Kier alpha value is -2.36. The van der Waals surface area contributed by atoms with Crippen molar-refractivity contribution in [2.24, 2.45) is 0 Å². The number of benzene rings is 1. The first-order valence-corrected chi connectivity index (χ1v) is 5.27. The minimum Gasteiger partial charge on any atom is -0.492 e. The number of hydrogen-bond acceptors (Lipinski definition) is 5. The summed E-state index contributed by atoms with van der Waals surface area (Å²) in [5.41, 5.74) is -0.154. The van der Waals surface area contributed by atoms with Gasteiger partial charge in [-0.05, 0) is 13.0 Å². The second-order valence-electron chi connectivity index (χ2n) is 3.27. The van der Waals surface area contributed by atoms with Crippen molar-refractivity contribution in [3.8, 4) is 17.6 Å². The SMILES string of the molecule is CCOC(=O)c1cc(C#N)cc(OC(F)F)c1OC. The highest BCUT2D eigenvalue weighted by Crippen LogP contribution is 2.34. The van der Waals surface area contributed by atoms with Crippen LogP contribution in [0.5, 0.6) is 11.5 Å². The molecule has 1 rings (SSSR count). The highest BCUT2D eigenvalue weighted by molar-refractivity contribution is 5.94. The number of rotatable bonds is 5. The highest BCUT2D eigenvalue weighted by atomic mass is 19.3. The molecule has 0 N–H and O–H groups in total. The lowest BCUT2D eigenvalue weighted by molar-refractivity contribution is -0.0513. The number of carbonyl (C=O) groups is 1. The van der Waals surface area contributed by atoms with E-state index >= 15 is 0 Å². The molecule has 19 heavy (non-hydrogen) atoms. The molecule has 0 fully saturated rings. The van der Waals surface area contributed by atoms with Gasteiger partial charge in [0.2, 0.25) is 0 Å². The Morgan fingerprint density at radius 1 is 1.47 bits per heavy atom. The van der Waals surface area contributed by atoms with Gasteiger partial charge < -0.3 is 14.2 Å². The molecule has 1 aromatic carbocycles. The molecule has 0 aromatic heterocycles. The van der Waals surface area contributed by atoms with Gasteiger partial charge in [-0.3, -0.25) is 0 Å². The van der Waals surface area contributed by atoms with Gasteiger partial charge in [-0.25, -0.2) is 4.79 Å². The summed E-state index contributed by atoms with van der Waals surface area (Å²) in [6.07, 6.45) is 0. The van der Waals surface area contributed by atoms with Crippen LogP contribution in [0, 0.1) is 11.3 Å². The summed E-state index contributed by atoms with van der Waals surface area (Å²) in [7, 11) is 1.20. The number of alkyl halides is 2. The summed E-state index contributed by atoms with van der Waals surface area (Å²) < 4.78 is 38.4. The summed E-state index contributed by atoms with van der Waals surface area (Å²) in [5.74, 6) is -1.37. The fraction of sp³-hybridized carbons (Fsp3) is 0.333. The average Bonchev–Trinajstić information content (AvgIpc) is 2.37. The number of carbonyl (C=O) groups excluding carboxylic acids is 1. The Morgan fingerprint density at radius 3 is 2.63 bits per heavy atom. The van der Waals surface area contributed by atoms with E-state index < -0.39 is 12.6 Å². The zero-order chi connectivity index (χ0) is 14.4. The first kappa shape index (κ1) is 14.7. The van der Waals surface area contributed by atoms with Crippen molar-refractivity contribution < 1.29 is 27.8 Å². The van der Waals surface area contributed by atoms with Gasteiger partial charge in [-0.15, -0.1) is 0 Å². The fourth-order valence-corrected chi connectivity index (χ4v) is 1.42. The van der Waals surface area contributed by atoms with Crippen molar-refractivity contribution >= 4 is 5.97 Å². The molecule has 0 atom stereocenters. The van der Waals surface area contributed by atoms with Crippen LogP contribution in [-0.4, -0.2) is 26.3 Å². The fourth-order valence-electron chi connectivity index (χ4n) is 1.42. The van der Waals surface area contributed by atoms with Crippen molar-refractivity contribution in [1.82, 2.24) is 0 Å². The van der Waals surface area contributed by atoms with Gasteiger partial charge in [0.15, 0.2) is 11.5 Å². The summed E-state index contributed by atoms with van der Waals surface area (Å²) in [4.78, 5) is 11.7. The zero-order valence-electron chi connectivity index (χ0n) is 10.3. The second kappa shape index (κ2) is 6.54. The van der Waals surface area contributed by atoms with Crippen molar-refractivity contribution in [2.45, 2.75) is 13.5 Å². The van der Waals surface area contributed by atoms with Gasteiger partial charge in [-0.1, -0.05) is 0 Å². The molecule has 0 unspecified atom stereocenters. The molecule has 0 saturated heterocycles. The summed E-state index contributed by atoms with van der Waals surface area (Å²) in [5, 5.41) is 8.81. The highest BCUT2D eigenvalue weighted by Gasteiger charge is 2.21. The van der Waals surface area contributed by atoms with E-state index in [1.807, 2.05) is 0 Å². The normalized spacial score (nSPS) is 9.89. The Balaban J connectivity index is 3.35. The summed E-state index contributed by atoms with van der Waals surface area (Å²) in [6, 6.07) is 3.99. The van der Waals surface area contributed by atoms with Crippen LogP contribution in [-0.2, 0) is 4.74 Å². The lowest BCUT2D eigenvalue weighted by Gasteiger charge is -2.13. The number of ether oxygens (including phenoxy) is 3. The van der Waals surface area contributed by atoms with Crippen LogP contribution < -0.4 is 9.47 Å². The van der Waals surface area contributed by atoms with Gasteiger partial charge in [0.1, 0.15) is 5.56 Å². The molecule has 0 radical (unpaired) electrons. The van der Waals surface area contributed by atoms with Gasteiger partial charge >= 0.3 is 12.6 Å². The van der Waals surface area contributed by atoms with Crippen LogP contribution >= 0.6 is 0 Å². The summed E-state index contributed by atoms with van der Waals surface area (Å²) >= 11 is 0. The molecule has 1 aromatic rings. The molecule has 0 heterocycles. The van der Waals surface area contributed by atoms with Gasteiger partial charge in [0.25, 0.3) is 0 Å². The number of hydrogen-bond donors (Lipinski definition) is 0. The number of nitriles is 1. The topological polar surface area (TPSA) is 68.6 Å². The van der Waals surface area contributed by atoms with Crippen LogP contribution in [0.25, 0.3) is 0 Å². The summed E-state index contributed by atoms with van der Waals surface area (Å²) in [6.45, 7) is -1.41. The van der Waals surface area contributed by atoms with E-state index in [0.29, 0.717) is 0 Å². The molecule has 0 amide bonds. The minimum absolute atomic E-state index is 0.0143. The van der Waals surface area contributed by atoms with Crippen LogP contribution in [0.3, 0.4) is 0 Å². The van der Waals surface area contributed by atoms with E-state index in [2.05, 4.69) is 4.74 Å². The first-order valence-electron chi connectivity index (χ1n) is 5.27. The van der Waals surface area contributed by atoms with Crippen molar-refractivity contribution in [2.75, 3.05) is 13.7 Å². The molecular formula is C12H11F2NO4. The molecule has 0 spiro atoms. The Bertz CT molecular complexity index is 511. The lowest BCUT2D eigenvalue weighted by Crippen LogP contribution is -2.10. The van der Waals surface area contributed by atoms with Crippen molar-refractivity contribution in [1.29, 1.82) is 5.26 Å². The third-order valence-corrected chi connectivity index (χ3v) is 2.10. The van der Waals surface area contributed by atoms with Crippen LogP contribution in [0.1, 0.15) is 22.8 Å². The van der Waals surface area contributed by atoms with Crippen LogP contribution in [0.2, 0.25) is 0 Å². The zero-order valence-corrected chi connectivity index (χ0v) is 10.3. The van der Waals surface area contributed by atoms with Crippen molar-refractivity contribution in [3.63, 3.8) is 0 Å². The standard InChI is InChI=1S/C12H11F2NO4/c1-3-18-11(16)8-4-7(6-15)5-9(10(8)17-2)19-12(13)14/h4-5,12H,3H2,1-2H3. The molecule has 0 aliphatic carbocycles. The Morgan fingerprint density at radius 2 is 2.16 bits per heavy atom. The minimum atomic E-state index is -3.10. The number of nitrogens with zero attached hydrogens (tertiary/aromatic N) is 1. The van der Waals surface area contributed by atoms with Gasteiger partial charge in [-0.2, -0.15) is 14.0 Å². The predicted octanol–water partition coefficient (Wildman–Crippen LogP) is 2.34. The molecule has 102 valence electrons. The molecule has 7 heteroatoms. The maximum absolute atomic E-state index is 12.3. The van der Waals surface area contributed by atoms with E-state index in [1.54, 1.807) is 13.0 Å². The van der Waals surface area contributed by atoms with E-state index in [1.165, 1.54) is 13.2 Å². The Kier molecular flexibility index (Phi) is 5.06. The number of esters is 1. The largest absolute Gasteiger partial charge is 0.492 e. The molecule has 0 aliphatic heterocycles. The van der Waals surface area contributed by atoms with Gasteiger partial charge in [0.05, 0.1) is 25.3 Å². The van der Waals surface area contributed by atoms with E-state index in [9.17, 15) is 13.6 Å². The number of methoxy groups -OCH3 is 1. The monoisotopic (exact) mass is 271 g/mol. The van der Waals surface area contributed by atoms with Gasteiger partial charge in [0, 0.05) is 6.07 Å².